The number of fused-ring (bicyclic) bond motifs is 1. The maximum Gasteiger partial charge on any atom is 0.106 e. The van der Waals surface area contributed by atoms with Crippen LogP contribution in [0.5, 0.6) is 0 Å². The molecule has 19 heavy (non-hydrogen) atoms. The van der Waals surface area contributed by atoms with Gasteiger partial charge in [-0.2, -0.15) is 0 Å². The first-order chi connectivity index (χ1) is 9.06. The van der Waals surface area contributed by atoms with Crippen molar-refractivity contribution in [2.24, 2.45) is 5.41 Å². The SMILES string of the molecule is CC1(C)Cc2ccc(Cl)cc2C1NCc1nccs1. The average Bonchev–Trinajstić information content (AvgIpc) is 2.92. The van der Waals surface area contributed by atoms with Crippen molar-refractivity contribution in [3.05, 3.63) is 50.9 Å². The molecule has 1 heterocycles. The van der Waals surface area contributed by atoms with Crippen LogP contribution in [0.2, 0.25) is 5.02 Å². The van der Waals surface area contributed by atoms with Gasteiger partial charge >= 0.3 is 0 Å². The van der Waals surface area contributed by atoms with E-state index in [0.717, 1.165) is 23.0 Å². The molecule has 1 unspecified atom stereocenters. The molecule has 1 aliphatic rings. The molecule has 0 radical (unpaired) electrons. The summed E-state index contributed by atoms with van der Waals surface area (Å²) in [5.41, 5.74) is 2.96. The van der Waals surface area contributed by atoms with Crippen LogP contribution in [0.1, 0.15) is 36.0 Å². The second-order valence-corrected chi connectivity index (χ2v) is 7.16. The molecule has 4 heteroatoms. The lowest BCUT2D eigenvalue weighted by atomic mass is 9.85. The zero-order valence-corrected chi connectivity index (χ0v) is 12.7. The van der Waals surface area contributed by atoms with Gasteiger partial charge in [0.15, 0.2) is 0 Å². The summed E-state index contributed by atoms with van der Waals surface area (Å²) >= 11 is 7.83. The molecule has 0 saturated carbocycles. The Morgan fingerprint density at radius 3 is 3.05 bits per heavy atom. The van der Waals surface area contributed by atoms with Gasteiger partial charge in [-0.05, 0) is 35.1 Å². The van der Waals surface area contributed by atoms with Crippen LogP contribution in [-0.4, -0.2) is 4.98 Å². The van der Waals surface area contributed by atoms with Gasteiger partial charge in [-0.1, -0.05) is 31.5 Å². The van der Waals surface area contributed by atoms with E-state index in [1.54, 1.807) is 11.3 Å². The van der Waals surface area contributed by atoms with E-state index in [-0.39, 0.29) is 5.41 Å². The number of nitrogens with zero attached hydrogens (tertiary/aromatic N) is 1. The summed E-state index contributed by atoms with van der Waals surface area (Å²) in [6.45, 7) is 5.43. The molecule has 1 aromatic heterocycles. The largest absolute Gasteiger partial charge is 0.303 e. The average molecular weight is 293 g/mol. The smallest absolute Gasteiger partial charge is 0.106 e. The lowest BCUT2D eigenvalue weighted by molar-refractivity contribution is 0.268. The Labute approximate surface area is 122 Å². The molecule has 2 nitrogen and oxygen atoms in total. The molecule has 0 bridgehead atoms. The quantitative estimate of drug-likeness (QED) is 0.916. The highest BCUT2D eigenvalue weighted by Crippen LogP contribution is 2.45. The molecule has 0 fully saturated rings. The van der Waals surface area contributed by atoms with Gasteiger partial charge in [0, 0.05) is 29.2 Å². The first-order valence-corrected chi connectivity index (χ1v) is 7.72. The number of hydrogen-bond acceptors (Lipinski definition) is 3. The van der Waals surface area contributed by atoms with Crippen LogP contribution < -0.4 is 5.32 Å². The molecule has 2 aromatic rings. The minimum Gasteiger partial charge on any atom is -0.303 e. The molecule has 0 aliphatic heterocycles. The highest BCUT2D eigenvalue weighted by atomic mass is 35.5. The fourth-order valence-corrected chi connectivity index (χ4v) is 3.67. The van der Waals surface area contributed by atoms with Gasteiger partial charge in [-0.25, -0.2) is 4.98 Å². The van der Waals surface area contributed by atoms with Crippen molar-refractivity contribution < 1.29 is 0 Å². The number of benzene rings is 1. The van der Waals surface area contributed by atoms with Crippen molar-refractivity contribution in [2.75, 3.05) is 0 Å². The van der Waals surface area contributed by atoms with Crippen LogP contribution in [-0.2, 0) is 13.0 Å². The lowest BCUT2D eigenvalue weighted by Gasteiger charge is -2.28. The first kappa shape index (κ1) is 13.1. The van der Waals surface area contributed by atoms with Gasteiger partial charge in [-0.3, -0.25) is 0 Å². The van der Waals surface area contributed by atoms with Gasteiger partial charge < -0.3 is 5.32 Å². The molecule has 100 valence electrons. The van der Waals surface area contributed by atoms with Crippen molar-refractivity contribution >= 4 is 22.9 Å². The number of halogens is 1. The van der Waals surface area contributed by atoms with Gasteiger partial charge in [0.25, 0.3) is 0 Å². The van der Waals surface area contributed by atoms with E-state index in [2.05, 4.69) is 36.3 Å². The van der Waals surface area contributed by atoms with Gasteiger partial charge in [0.1, 0.15) is 5.01 Å². The zero-order valence-electron chi connectivity index (χ0n) is 11.1. The molecular formula is C15H17ClN2S. The Hall–Kier alpha value is -0.900. The molecule has 3 rings (SSSR count). The van der Waals surface area contributed by atoms with Crippen molar-refractivity contribution in [3.8, 4) is 0 Å². The van der Waals surface area contributed by atoms with E-state index >= 15 is 0 Å². The monoisotopic (exact) mass is 292 g/mol. The van der Waals surface area contributed by atoms with Crippen molar-refractivity contribution in [1.82, 2.24) is 10.3 Å². The van der Waals surface area contributed by atoms with Crippen LogP contribution in [0, 0.1) is 5.41 Å². The second-order valence-electron chi connectivity index (χ2n) is 5.75. The molecule has 0 saturated heterocycles. The molecule has 1 aromatic carbocycles. The summed E-state index contributed by atoms with van der Waals surface area (Å²) in [5.74, 6) is 0. The van der Waals surface area contributed by atoms with Crippen LogP contribution in [0.15, 0.2) is 29.8 Å². The summed E-state index contributed by atoms with van der Waals surface area (Å²) in [5, 5.41) is 7.61. The van der Waals surface area contributed by atoms with Crippen LogP contribution in [0.4, 0.5) is 0 Å². The molecule has 1 N–H and O–H groups in total. The predicted molar refractivity (Wildman–Crippen MR) is 80.6 cm³/mol. The van der Waals surface area contributed by atoms with E-state index in [0.29, 0.717) is 6.04 Å². The number of thiazole rings is 1. The summed E-state index contributed by atoms with van der Waals surface area (Å²) < 4.78 is 0. The molecule has 1 atom stereocenters. The minimum atomic E-state index is 0.213. The number of nitrogens with one attached hydrogen (secondary N) is 1. The summed E-state index contributed by atoms with van der Waals surface area (Å²) in [4.78, 5) is 4.33. The molecule has 0 spiro atoms. The lowest BCUT2D eigenvalue weighted by Crippen LogP contribution is -2.30. The maximum absolute atomic E-state index is 6.14. The number of aromatic nitrogens is 1. The molecule has 0 amide bonds. The predicted octanol–water partition coefficient (Wildman–Crippen LogP) is 4.21. The Morgan fingerprint density at radius 1 is 1.47 bits per heavy atom. The van der Waals surface area contributed by atoms with Crippen molar-refractivity contribution in [3.63, 3.8) is 0 Å². The van der Waals surface area contributed by atoms with E-state index < -0.39 is 0 Å². The molecule has 1 aliphatic carbocycles. The Kier molecular flexibility index (Phi) is 3.37. The topological polar surface area (TPSA) is 24.9 Å². The van der Waals surface area contributed by atoms with E-state index in [1.807, 2.05) is 17.6 Å². The maximum atomic E-state index is 6.14. The Morgan fingerprint density at radius 2 is 2.32 bits per heavy atom. The third kappa shape index (κ3) is 2.55. The van der Waals surface area contributed by atoms with Crippen LogP contribution in [0.25, 0.3) is 0 Å². The van der Waals surface area contributed by atoms with Crippen LogP contribution >= 0.6 is 22.9 Å². The van der Waals surface area contributed by atoms with Gasteiger partial charge in [0.2, 0.25) is 0 Å². The number of hydrogen-bond donors (Lipinski definition) is 1. The minimum absolute atomic E-state index is 0.213. The second kappa shape index (κ2) is 4.89. The fourth-order valence-electron chi connectivity index (χ4n) is 2.93. The zero-order chi connectivity index (χ0) is 13.5. The Bertz CT molecular complexity index is 578. The Balaban J connectivity index is 1.85. The standard InChI is InChI=1S/C15H17ClN2S/c1-15(2)8-10-3-4-11(16)7-12(10)14(15)18-9-13-17-5-6-19-13/h3-7,14,18H,8-9H2,1-2H3. The number of rotatable bonds is 3. The van der Waals surface area contributed by atoms with E-state index in [4.69, 9.17) is 11.6 Å². The van der Waals surface area contributed by atoms with Crippen LogP contribution in [0.3, 0.4) is 0 Å². The highest BCUT2D eigenvalue weighted by molar-refractivity contribution is 7.09. The molecular weight excluding hydrogens is 276 g/mol. The summed E-state index contributed by atoms with van der Waals surface area (Å²) in [6, 6.07) is 6.58. The summed E-state index contributed by atoms with van der Waals surface area (Å²) in [7, 11) is 0. The third-order valence-corrected chi connectivity index (χ3v) is 4.80. The van der Waals surface area contributed by atoms with Crippen molar-refractivity contribution in [1.29, 1.82) is 0 Å². The third-order valence-electron chi connectivity index (χ3n) is 3.79. The van der Waals surface area contributed by atoms with Gasteiger partial charge in [-0.15, -0.1) is 11.3 Å². The first-order valence-electron chi connectivity index (χ1n) is 6.46. The summed E-state index contributed by atoms with van der Waals surface area (Å²) in [6.07, 6.45) is 2.95. The fraction of sp³-hybridized carbons (Fsp3) is 0.400. The normalized spacial score (nSPS) is 20.5. The van der Waals surface area contributed by atoms with E-state index in [9.17, 15) is 0 Å². The highest BCUT2D eigenvalue weighted by Gasteiger charge is 2.38. The van der Waals surface area contributed by atoms with E-state index in [1.165, 1.54) is 11.1 Å². The van der Waals surface area contributed by atoms with Crippen molar-refractivity contribution in [2.45, 2.75) is 32.9 Å². The van der Waals surface area contributed by atoms with Gasteiger partial charge in [0.05, 0.1) is 0 Å².